The molecule has 0 saturated carbocycles. The van der Waals surface area contributed by atoms with Crippen LogP contribution in [0.15, 0.2) is 24.4 Å². The van der Waals surface area contributed by atoms with Gasteiger partial charge in [0.1, 0.15) is 5.82 Å². The second-order valence-electron chi connectivity index (χ2n) is 1.83. The van der Waals surface area contributed by atoms with Crippen LogP contribution in [0.25, 0.3) is 0 Å². The molecule has 1 aromatic heterocycles. The maximum absolute atomic E-state index is 4.16. The molecule has 60 valence electrons. The molecule has 0 radical (unpaired) electrons. The molecule has 0 atom stereocenters. The van der Waals surface area contributed by atoms with Crippen molar-refractivity contribution in [3.63, 3.8) is 0 Å². The smallest absolute Gasteiger partial charge is 0.138 e. The van der Waals surface area contributed by atoms with Gasteiger partial charge in [0.2, 0.25) is 0 Å². The second-order valence-corrected chi connectivity index (χ2v) is 4.92. The number of pyridine rings is 1. The summed E-state index contributed by atoms with van der Waals surface area (Å²) < 4.78 is 1.96. The molecule has 0 unspecified atom stereocenters. The number of rotatable bonds is 3. The first kappa shape index (κ1) is 9.09. The topological polar surface area (TPSA) is 16.1 Å². The minimum atomic E-state index is 0.944. The van der Waals surface area contributed by atoms with E-state index in [0.717, 1.165) is 5.82 Å². The van der Waals surface area contributed by atoms with E-state index >= 15 is 0 Å². The summed E-state index contributed by atoms with van der Waals surface area (Å²) in [7, 11) is 4.89. The second kappa shape index (κ2) is 4.79. The first-order valence-corrected chi connectivity index (χ1v) is 6.13. The van der Waals surface area contributed by atoms with Crippen molar-refractivity contribution in [2.75, 3.05) is 11.4 Å². The van der Waals surface area contributed by atoms with E-state index in [2.05, 4.69) is 16.6 Å². The van der Waals surface area contributed by atoms with E-state index < -0.39 is 0 Å². The van der Waals surface area contributed by atoms with Crippen LogP contribution in [0.2, 0.25) is 0 Å². The van der Waals surface area contributed by atoms with Crippen LogP contribution in [0.4, 0.5) is 5.82 Å². The SMILES string of the molecule is CN(SSS)c1ccccn1. The van der Waals surface area contributed by atoms with Crippen LogP contribution in [-0.4, -0.2) is 12.0 Å². The van der Waals surface area contributed by atoms with Crippen molar-refractivity contribution in [1.82, 2.24) is 4.98 Å². The van der Waals surface area contributed by atoms with Gasteiger partial charge in [-0.05, 0) is 22.0 Å². The van der Waals surface area contributed by atoms with Gasteiger partial charge in [0, 0.05) is 24.2 Å². The number of hydrogen-bond acceptors (Lipinski definition) is 5. The Labute approximate surface area is 79.1 Å². The molecule has 11 heavy (non-hydrogen) atoms. The number of hydrogen-bond donors (Lipinski definition) is 1. The summed E-state index contributed by atoms with van der Waals surface area (Å²) in [5.41, 5.74) is 0. The van der Waals surface area contributed by atoms with Gasteiger partial charge in [0.15, 0.2) is 0 Å². The molecule has 0 fully saturated rings. The molecule has 0 aliphatic heterocycles. The van der Waals surface area contributed by atoms with Gasteiger partial charge in [-0.3, -0.25) is 4.31 Å². The normalized spacial score (nSPS) is 9.64. The van der Waals surface area contributed by atoms with E-state index in [1.54, 1.807) is 6.20 Å². The molecule has 0 saturated heterocycles. The molecule has 0 aliphatic rings. The van der Waals surface area contributed by atoms with Crippen molar-refractivity contribution in [2.45, 2.75) is 0 Å². The summed E-state index contributed by atoms with van der Waals surface area (Å²) in [6.07, 6.45) is 1.77. The molecular weight excluding hydrogens is 196 g/mol. The third-order valence-electron chi connectivity index (χ3n) is 1.12. The standard InChI is InChI=1S/C6H8N2S3/c1-8(10-11-9)6-4-2-3-5-7-6/h2-5,9H,1H3. The Bertz CT molecular complexity index is 204. The lowest BCUT2D eigenvalue weighted by molar-refractivity contribution is 1.22. The number of anilines is 1. The maximum Gasteiger partial charge on any atom is 0.138 e. The number of aromatic nitrogens is 1. The summed E-state index contributed by atoms with van der Waals surface area (Å²) in [5.74, 6) is 0.944. The largest absolute Gasteiger partial charge is 0.294 e. The Kier molecular flexibility index (Phi) is 3.96. The quantitative estimate of drug-likeness (QED) is 0.462. The summed E-state index contributed by atoms with van der Waals surface area (Å²) in [5, 5.41) is 0. The Balaban J connectivity index is 2.61. The van der Waals surface area contributed by atoms with Crippen LogP contribution in [0.1, 0.15) is 0 Å². The van der Waals surface area contributed by atoms with E-state index in [1.165, 1.54) is 20.8 Å². The van der Waals surface area contributed by atoms with Crippen LogP contribution in [0.5, 0.6) is 0 Å². The summed E-state index contributed by atoms with van der Waals surface area (Å²) in [6.45, 7) is 0. The zero-order valence-corrected chi connectivity index (χ0v) is 8.49. The van der Waals surface area contributed by atoms with E-state index in [1.807, 2.05) is 29.6 Å². The van der Waals surface area contributed by atoms with Crippen LogP contribution < -0.4 is 4.31 Å². The first-order valence-electron chi connectivity index (χ1n) is 2.97. The Morgan fingerprint density at radius 1 is 1.55 bits per heavy atom. The third-order valence-corrected chi connectivity index (χ3v) is 3.07. The molecule has 1 rings (SSSR count). The molecule has 0 aromatic carbocycles. The molecule has 5 heteroatoms. The molecule has 1 aromatic rings. The van der Waals surface area contributed by atoms with Gasteiger partial charge in [-0.25, -0.2) is 4.98 Å². The summed E-state index contributed by atoms with van der Waals surface area (Å²) in [6, 6.07) is 5.81. The highest BCUT2D eigenvalue weighted by molar-refractivity contribution is 9.05. The maximum atomic E-state index is 4.16. The van der Waals surface area contributed by atoms with Gasteiger partial charge in [0.25, 0.3) is 0 Å². The van der Waals surface area contributed by atoms with Crippen LogP contribution >= 0.6 is 32.5 Å². The molecule has 0 spiro atoms. The zero-order valence-electron chi connectivity index (χ0n) is 5.97. The fourth-order valence-electron chi connectivity index (χ4n) is 0.628. The lowest BCUT2D eigenvalue weighted by Crippen LogP contribution is -2.04. The molecular formula is C6H8N2S3. The highest BCUT2D eigenvalue weighted by Gasteiger charge is 1.99. The lowest BCUT2D eigenvalue weighted by Gasteiger charge is -2.12. The predicted molar refractivity (Wildman–Crippen MR) is 56.8 cm³/mol. The monoisotopic (exact) mass is 204 g/mol. The molecule has 0 amide bonds. The van der Waals surface area contributed by atoms with E-state index in [9.17, 15) is 0 Å². The van der Waals surface area contributed by atoms with Gasteiger partial charge in [-0.1, -0.05) is 17.7 Å². The van der Waals surface area contributed by atoms with Crippen LogP contribution in [-0.2, 0) is 0 Å². The molecule has 0 N–H and O–H groups in total. The van der Waals surface area contributed by atoms with Gasteiger partial charge in [-0.15, -0.1) is 0 Å². The van der Waals surface area contributed by atoms with Crippen molar-refractivity contribution in [1.29, 1.82) is 0 Å². The van der Waals surface area contributed by atoms with Crippen molar-refractivity contribution in [3.8, 4) is 0 Å². The molecule has 0 aliphatic carbocycles. The van der Waals surface area contributed by atoms with E-state index in [0.29, 0.717) is 0 Å². The number of nitrogens with zero attached hydrogens (tertiary/aromatic N) is 2. The fourth-order valence-corrected chi connectivity index (χ4v) is 2.34. The van der Waals surface area contributed by atoms with E-state index in [-0.39, 0.29) is 0 Å². The lowest BCUT2D eigenvalue weighted by atomic mass is 10.5. The average Bonchev–Trinajstić information content (AvgIpc) is 2.07. The van der Waals surface area contributed by atoms with Crippen molar-refractivity contribution in [2.24, 2.45) is 0 Å². The minimum Gasteiger partial charge on any atom is -0.294 e. The Morgan fingerprint density at radius 2 is 2.36 bits per heavy atom. The third kappa shape index (κ3) is 2.84. The van der Waals surface area contributed by atoms with Gasteiger partial charge < -0.3 is 0 Å². The van der Waals surface area contributed by atoms with Gasteiger partial charge in [0.05, 0.1) is 0 Å². The minimum absolute atomic E-state index is 0.944. The van der Waals surface area contributed by atoms with Gasteiger partial charge >= 0.3 is 0 Å². The van der Waals surface area contributed by atoms with Crippen LogP contribution in [0.3, 0.4) is 0 Å². The highest BCUT2D eigenvalue weighted by Crippen LogP contribution is 2.30. The average molecular weight is 204 g/mol. The Morgan fingerprint density at radius 3 is 2.91 bits per heavy atom. The number of thiol groups is 1. The fraction of sp³-hybridized carbons (Fsp3) is 0.167. The summed E-state index contributed by atoms with van der Waals surface area (Å²) >= 11 is 4.02. The molecule has 1 heterocycles. The van der Waals surface area contributed by atoms with Crippen molar-refractivity contribution < 1.29 is 0 Å². The van der Waals surface area contributed by atoms with Crippen molar-refractivity contribution >= 4 is 38.3 Å². The first-order chi connectivity index (χ1) is 5.34. The van der Waals surface area contributed by atoms with Crippen LogP contribution in [0, 0.1) is 0 Å². The predicted octanol–water partition coefficient (Wildman–Crippen LogP) is 2.66. The van der Waals surface area contributed by atoms with E-state index in [4.69, 9.17) is 0 Å². The molecule has 0 bridgehead atoms. The van der Waals surface area contributed by atoms with Gasteiger partial charge in [-0.2, -0.15) is 0 Å². The Hall–Kier alpha value is -0.000000000000000167. The molecule has 2 nitrogen and oxygen atoms in total. The zero-order chi connectivity index (χ0) is 8.10. The van der Waals surface area contributed by atoms with Crippen molar-refractivity contribution in [3.05, 3.63) is 24.4 Å². The summed E-state index contributed by atoms with van der Waals surface area (Å²) in [4.78, 5) is 4.16. The highest BCUT2D eigenvalue weighted by atomic mass is 33.5.